The van der Waals surface area contributed by atoms with Crippen LogP contribution >= 0.6 is 23.5 Å². The number of thioether (sulfide) groups is 2. The van der Waals surface area contributed by atoms with Gasteiger partial charge in [-0.3, -0.25) is 28.9 Å². The van der Waals surface area contributed by atoms with Gasteiger partial charge >= 0.3 is 11.9 Å². The third kappa shape index (κ3) is 6.97. The van der Waals surface area contributed by atoms with Crippen molar-refractivity contribution in [2.75, 3.05) is 41.3 Å². The highest BCUT2D eigenvalue weighted by Gasteiger charge is 2.62. The molecule has 3 saturated heterocycles. The number of nitrogens with zero attached hydrogens (tertiary/aromatic N) is 4. The van der Waals surface area contributed by atoms with Gasteiger partial charge in [0.2, 0.25) is 17.7 Å². The maximum absolute atomic E-state index is 15.1. The Morgan fingerprint density at radius 3 is 1.69 bits per heavy atom. The Kier molecular flexibility index (Phi) is 11.8. The van der Waals surface area contributed by atoms with Crippen molar-refractivity contribution >= 4 is 59.1 Å². The third-order valence-corrected chi connectivity index (χ3v) is 13.9. The summed E-state index contributed by atoms with van der Waals surface area (Å²) < 4.78 is 0. The molecule has 288 valence electrons. The molecular weight excluding hydrogens is 717 g/mol. The lowest BCUT2D eigenvalue weighted by Crippen LogP contribution is -2.64. The molecule has 52 heavy (non-hydrogen) atoms. The van der Waals surface area contributed by atoms with Crippen LogP contribution in [0.2, 0.25) is 0 Å². The summed E-state index contributed by atoms with van der Waals surface area (Å²) in [5, 5.41) is 48.5. The molecule has 5 aliphatic heterocycles. The Morgan fingerprint density at radius 1 is 0.808 bits per heavy atom. The van der Waals surface area contributed by atoms with Crippen molar-refractivity contribution in [1.29, 1.82) is 0 Å². The van der Waals surface area contributed by atoms with E-state index in [1.165, 1.54) is 52.1 Å². The van der Waals surface area contributed by atoms with E-state index in [0.29, 0.717) is 30.8 Å². The standard InChI is InChI=1S/C34H50N6O10S2/c1-13-23-21(15(3)41)31(45)39(23)25(27(13)51-17-9-19(35-11-17)29(43)37(5)6)32(46)40-24(22(16(4)42)33(47)48)14(2)28(26(40)34(49)50)52-18-10-20(36-12-18)30(44)38(7)8/h13-24,35-36,41-42H,9-12H2,1-8H3,(H,47,48)(H,49,50)/t13-,14-,15-,16?,17+,18+,19+,20-,21+,22?,23-,24-/m1/s1. The van der Waals surface area contributed by atoms with Crippen LogP contribution in [0.1, 0.15) is 40.5 Å². The average Bonchev–Trinajstić information content (AvgIpc) is 3.82. The van der Waals surface area contributed by atoms with Gasteiger partial charge in [0.05, 0.1) is 42.3 Å². The number of β-lactam (4-membered cyclic amide) rings is 1. The predicted molar refractivity (Wildman–Crippen MR) is 192 cm³/mol. The molecule has 0 spiro atoms. The van der Waals surface area contributed by atoms with Crippen molar-refractivity contribution in [1.82, 2.24) is 30.2 Å². The molecule has 5 rings (SSSR count). The molecular formula is C34H50N6O10S2. The molecule has 2 unspecified atom stereocenters. The first-order chi connectivity index (χ1) is 24.3. The summed E-state index contributed by atoms with van der Waals surface area (Å²) in [5.74, 6) is -8.27. The van der Waals surface area contributed by atoms with Gasteiger partial charge in [0, 0.05) is 73.4 Å². The minimum Gasteiger partial charge on any atom is -0.481 e. The molecule has 5 aliphatic rings. The number of carbonyl (C=O) groups is 6. The zero-order valence-electron chi connectivity index (χ0n) is 30.6. The molecule has 12 atom stereocenters. The molecule has 0 aliphatic carbocycles. The Hall–Kier alpha value is -3.16. The minimum atomic E-state index is -1.60. The second kappa shape index (κ2) is 15.3. The van der Waals surface area contributed by atoms with Gasteiger partial charge < -0.3 is 45.8 Å². The van der Waals surface area contributed by atoms with Crippen molar-refractivity contribution in [3.63, 3.8) is 0 Å². The normalized spacial score (nSPS) is 33.2. The molecule has 6 N–H and O–H groups in total. The number of hydrogen-bond acceptors (Lipinski definition) is 12. The second-order valence-corrected chi connectivity index (χ2v) is 17.6. The number of amides is 4. The topological polar surface area (TPSA) is 220 Å². The summed E-state index contributed by atoms with van der Waals surface area (Å²) in [5.41, 5.74) is -0.517. The van der Waals surface area contributed by atoms with Crippen molar-refractivity contribution in [3.05, 3.63) is 21.2 Å². The number of carboxylic acids is 2. The minimum absolute atomic E-state index is 0.0807. The second-order valence-electron chi connectivity index (χ2n) is 14.9. The Balaban J connectivity index is 1.60. The smallest absolute Gasteiger partial charge is 0.353 e. The van der Waals surface area contributed by atoms with E-state index in [2.05, 4.69) is 10.6 Å². The molecule has 0 aromatic rings. The zero-order valence-corrected chi connectivity index (χ0v) is 32.2. The van der Waals surface area contributed by atoms with E-state index in [4.69, 9.17) is 0 Å². The Bertz CT molecular complexity index is 1580. The first-order valence-electron chi connectivity index (χ1n) is 17.5. The van der Waals surface area contributed by atoms with Gasteiger partial charge in [0.25, 0.3) is 5.91 Å². The molecule has 16 nitrogen and oxygen atoms in total. The Labute approximate surface area is 311 Å². The molecule has 5 heterocycles. The monoisotopic (exact) mass is 766 g/mol. The summed E-state index contributed by atoms with van der Waals surface area (Å²) in [6.45, 7) is 7.01. The fraction of sp³-hybridized carbons (Fsp3) is 0.706. The van der Waals surface area contributed by atoms with Crippen LogP contribution in [-0.2, 0) is 28.8 Å². The van der Waals surface area contributed by atoms with Crippen LogP contribution in [0.4, 0.5) is 0 Å². The number of likely N-dealkylation sites (N-methyl/N-ethyl adjacent to an activating group) is 2. The van der Waals surface area contributed by atoms with E-state index in [9.17, 15) is 44.4 Å². The van der Waals surface area contributed by atoms with Crippen LogP contribution in [-0.4, -0.2) is 164 Å². The first-order valence-corrected chi connectivity index (χ1v) is 19.2. The third-order valence-electron chi connectivity index (χ3n) is 10.8. The Morgan fingerprint density at radius 2 is 1.29 bits per heavy atom. The maximum atomic E-state index is 15.1. The highest BCUT2D eigenvalue weighted by Crippen LogP contribution is 2.54. The number of carbonyl (C=O) groups excluding carboxylic acids is 4. The fourth-order valence-electron chi connectivity index (χ4n) is 8.32. The van der Waals surface area contributed by atoms with Crippen molar-refractivity contribution in [3.8, 4) is 0 Å². The molecule has 0 radical (unpaired) electrons. The molecule has 0 aromatic heterocycles. The lowest BCUT2D eigenvalue weighted by atomic mass is 9.79. The molecule has 18 heteroatoms. The first kappa shape index (κ1) is 40.0. The summed E-state index contributed by atoms with van der Waals surface area (Å²) in [4.78, 5) is 86.2. The largest absolute Gasteiger partial charge is 0.481 e. The molecule has 0 saturated carbocycles. The van der Waals surface area contributed by atoms with E-state index >= 15 is 4.79 Å². The number of hydrogen-bond donors (Lipinski definition) is 6. The van der Waals surface area contributed by atoms with Gasteiger partial charge in [-0.1, -0.05) is 13.8 Å². The highest BCUT2D eigenvalue weighted by atomic mass is 32.2. The van der Waals surface area contributed by atoms with E-state index < -0.39 is 89.5 Å². The number of rotatable bonds is 12. The number of aliphatic hydroxyl groups is 2. The highest BCUT2D eigenvalue weighted by molar-refractivity contribution is 8.04. The SMILES string of the molecule is CC(O)C(C(=O)O)[C@H]1[C@@H](C)C(S[C@@H]2CN[C@@H](C(=O)N(C)C)C2)=C(C(=O)O)N1C(=O)C1=C(S[C@@H]2CN[C@H](C(=O)N(C)C)C2)[C@H](C)[C@@H]2[C@H]([C@@H](C)O)C(=O)N12. The van der Waals surface area contributed by atoms with Crippen LogP contribution in [0.5, 0.6) is 0 Å². The van der Waals surface area contributed by atoms with Crippen LogP contribution in [0, 0.1) is 23.7 Å². The van der Waals surface area contributed by atoms with Crippen LogP contribution in [0.25, 0.3) is 0 Å². The average molecular weight is 767 g/mol. The van der Waals surface area contributed by atoms with Crippen molar-refractivity contribution in [2.45, 2.75) is 87.4 Å². The summed E-state index contributed by atoms with van der Waals surface area (Å²) in [7, 11) is 6.59. The van der Waals surface area contributed by atoms with Gasteiger partial charge in [0.15, 0.2) is 0 Å². The zero-order chi connectivity index (χ0) is 38.7. The lowest BCUT2D eigenvalue weighted by molar-refractivity contribution is -0.163. The van der Waals surface area contributed by atoms with Crippen LogP contribution in [0.3, 0.4) is 0 Å². The van der Waals surface area contributed by atoms with Gasteiger partial charge in [-0.25, -0.2) is 4.79 Å². The summed E-state index contributed by atoms with van der Waals surface area (Å²) in [6.07, 6.45) is -1.73. The molecule has 0 aromatic carbocycles. The van der Waals surface area contributed by atoms with E-state index in [0.717, 1.165) is 4.90 Å². The number of aliphatic hydroxyl groups excluding tert-OH is 2. The number of carboxylic acid groups (broad SMARTS) is 2. The van der Waals surface area contributed by atoms with Crippen LogP contribution in [0.15, 0.2) is 21.2 Å². The summed E-state index contributed by atoms with van der Waals surface area (Å²) >= 11 is 2.50. The quantitative estimate of drug-likeness (QED) is 0.137. The van der Waals surface area contributed by atoms with E-state index in [-0.39, 0.29) is 32.9 Å². The van der Waals surface area contributed by atoms with Gasteiger partial charge in [0.1, 0.15) is 17.3 Å². The lowest BCUT2D eigenvalue weighted by Gasteiger charge is -2.47. The molecule has 4 amide bonds. The van der Waals surface area contributed by atoms with Gasteiger partial charge in [-0.2, -0.15) is 0 Å². The van der Waals surface area contributed by atoms with Crippen molar-refractivity contribution in [2.24, 2.45) is 23.7 Å². The fourth-order valence-corrected chi connectivity index (χ4v) is 11.3. The predicted octanol–water partition coefficient (Wildman–Crippen LogP) is -0.616. The molecule has 3 fully saturated rings. The number of nitrogens with one attached hydrogen (secondary N) is 2. The van der Waals surface area contributed by atoms with E-state index in [1.807, 2.05) is 6.92 Å². The van der Waals surface area contributed by atoms with Gasteiger partial charge in [-0.15, -0.1) is 23.5 Å². The number of aliphatic carboxylic acids is 2. The summed E-state index contributed by atoms with van der Waals surface area (Å²) in [6, 6.07) is -2.92. The maximum Gasteiger partial charge on any atom is 0.353 e. The van der Waals surface area contributed by atoms with E-state index in [1.54, 1.807) is 35.1 Å². The van der Waals surface area contributed by atoms with Crippen molar-refractivity contribution < 1.29 is 49.2 Å². The van der Waals surface area contributed by atoms with Crippen LogP contribution < -0.4 is 10.6 Å². The molecule has 0 bridgehead atoms. The number of fused-ring (bicyclic) bond motifs is 1. The van der Waals surface area contributed by atoms with Gasteiger partial charge in [-0.05, 0) is 26.7 Å².